The van der Waals surface area contributed by atoms with E-state index in [1.807, 2.05) is 18.7 Å². The summed E-state index contributed by atoms with van der Waals surface area (Å²) in [6.07, 6.45) is 3.97. The highest BCUT2D eigenvalue weighted by molar-refractivity contribution is 8.00. The number of carboxylic acid groups (broad SMARTS) is 1. The Kier molecular flexibility index (Phi) is 11.6. The van der Waals surface area contributed by atoms with Crippen LogP contribution >= 0.6 is 11.8 Å². The number of unbranched alkanes of at least 4 members (excludes halogenated alkanes) is 2. The van der Waals surface area contributed by atoms with Crippen molar-refractivity contribution in [3.63, 3.8) is 0 Å². The number of fused-ring (bicyclic) bond motifs is 1. The van der Waals surface area contributed by atoms with Crippen LogP contribution in [0.5, 0.6) is 0 Å². The predicted octanol–water partition coefficient (Wildman–Crippen LogP) is 0.830. The fourth-order valence-electron chi connectivity index (χ4n) is 4.61. The summed E-state index contributed by atoms with van der Waals surface area (Å²) in [6, 6.07) is -0.487. The van der Waals surface area contributed by atoms with E-state index in [-0.39, 0.29) is 61.9 Å². The molecule has 0 saturated carbocycles. The van der Waals surface area contributed by atoms with Crippen molar-refractivity contribution in [3.8, 4) is 0 Å². The second kappa shape index (κ2) is 14.9. The second-order valence-corrected chi connectivity index (χ2v) is 11.5. The Bertz CT molecular complexity index is 928. The van der Waals surface area contributed by atoms with E-state index in [0.717, 1.165) is 25.0 Å². The molecule has 6 amide bonds. The highest BCUT2D eigenvalue weighted by atomic mass is 32.2. The molecular weight excluding hydrogens is 528 g/mol. The zero-order valence-corrected chi connectivity index (χ0v) is 23.1. The fraction of sp³-hybridized carbons (Fsp3) is 0.792. The molecular formula is C24H40N8O6S. The molecule has 4 atom stereocenters. The largest absolute Gasteiger partial charge is 0.465 e. The average Bonchev–Trinajstić information content (AvgIpc) is 3.34. The maximum absolute atomic E-state index is 12.7. The normalized spacial score (nSPS) is 22.7. The number of hydrogen-bond donors (Lipinski definition) is 7. The molecule has 4 unspecified atom stereocenters. The van der Waals surface area contributed by atoms with E-state index in [0.29, 0.717) is 37.4 Å². The van der Waals surface area contributed by atoms with Gasteiger partial charge in [0.05, 0.1) is 12.1 Å². The molecule has 0 radical (unpaired) electrons. The van der Waals surface area contributed by atoms with E-state index >= 15 is 0 Å². The van der Waals surface area contributed by atoms with E-state index in [4.69, 9.17) is 5.11 Å². The summed E-state index contributed by atoms with van der Waals surface area (Å²) >= 11 is 1.86. The Morgan fingerprint density at radius 2 is 1.77 bits per heavy atom. The number of nitrogens with zero attached hydrogens (tertiary/aromatic N) is 2. The maximum atomic E-state index is 12.7. The van der Waals surface area contributed by atoms with Crippen LogP contribution in [0.2, 0.25) is 0 Å². The van der Waals surface area contributed by atoms with E-state index in [1.54, 1.807) is 0 Å². The Balaban J connectivity index is 1.28. The van der Waals surface area contributed by atoms with Crippen molar-refractivity contribution >= 4 is 41.6 Å². The number of carbonyl (C=O) groups excluding carboxylic acids is 4. The number of amides is 6. The molecule has 3 rings (SSSR count). The molecule has 3 aliphatic heterocycles. The zero-order valence-electron chi connectivity index (χ0n) is 22.3. The standard InChI is InChI=1S/C24H40N8O6S/c1-24(31-32-24)10-9-19(34)28-15(6-4-5-11-27-23(37)38)21(35)26-13-12-25-18(33)8-3-2-7-17-20-16(14-39-17)29-22(36)30-20/h15-17,20,27H,2-14H2,1H3,(H,25,33)(H,26,35)(H,28,34)(H,37,38)(H2,29,30,36). The van der Waals surface area contributed by atoms with Gasteiger partial charge >= 0.3 is 12.1 Å². The maximum Gasteiger partial charge on any atom is 0.404 e. The van der Waals surface area contributed by atoms with Gasteiger partial charge in [-0.15, -0.1) is 0 Å². The third kappa shape index (κ3) is 10.9. The lowest BCUT2D eigenvalue weighted by atomic mass is 10.0. The predicted molar refractivity (Wildman–Crippen MR) is 144 cm³/mol. The average molecular weight is 569 g/mol. The molecule has 2 saturated heterocycles. The van der Waals surface area contributed by atoms with Crippen LogP contribution in [-0.4, -0.2) is 89.4 Å². The lowest BCUT2D eigenvalue weighted by Gasteiger charge is -2.19. The summed E-state index contributed by atoms with van der Waals surface area (Å²) in [5.74, 6) is 0.205. The van der Waals surface area contributed by atoms with Gasteiger partial charge in [-0.05, 0) is 39.0 Å². The first-order valence-corrected chi connectivity index (χ1v) is 14.6. The molecule has 14 nitrogen and oxygen atoms in total. The van der Waals surface area contributed by atoms with Crippen LogP contribution in [0.4, 0.5) is 9.59 Å². The highest BCUT2D eigenvalue weighted by Gasteiger charge is 2.42. The molecule has 3 heterocycles. The number of thioether (sulfide) groups is 1. The van der Waals surface area contributed by atoms with Gasteiger partial charge in [-0.25, -0.2) is 9.59 Å². The number of carbonyl (C=O) groups is 5. The molecule has 0 aromatic carbocycles. The van der Waals surface area contributed by atoms with E-state index in [2.05, 4.69) is 42.1 Å². The molecule has 0 spiro atoms. The number of hydrogen-bond acceptors (Lipinski definition) is 8. The van der Waals surface area contributed by atoms with Crippen molar-refractivity contribution in [1.29, 1.82) is 0 Å². The van der Waals surface area contributed by atoms with Gasteiger partial charge in [0, 0.05) is 49.9 Å². The summed E-state index contributed by atoms with van der Waals surface area (Å²) in [7, 11) is 0. The molecule has 0 aliphatic carbocycles. The Morgan fingerprint density at radius 3 is 2.51 bits per heavy atom. The third-order valence-electron chi connectivity index (χ3n) is 6.94. The lowest BCUT2D eigenvalue weighted by molar-refractivity contribution is -0.129. The van der Waals surface area contributed by atoms with Crippen LogP contribution in [0.3, 0.4) is 0 Å². The highest BCUT2D eigenvalue weighted by Crippen LogP contribution is 2.33. The SMILES string of the molecule is CC1(CCC(=O)NC(CCCCNC(=O)O)C(=O)NCCNC(=O)CCCCC2SCC3NC(=O)NC32)N=N1. The van der Waals surface area contributed by atoms with Crippen molar-refractivity contribution in [1.82, 2.24) is 31.9 Å². The molecule has 218 valence electrons. The number of rotatable bonds is 18. The monoisotopic (exact) mass is 568 g/mol. The molecule has 3 aliphatic rings. The smallest absolute Gasteiger partial charge is 0.404 e. The second-order valence-electron chi connectivity index (χ2n) is 10.3. The minimum Gasteiger partial charge on any atom is -0.465 e. The van der Waals surface area contributed by atoms with Gasteiger partial charge in [-0.3, -0.25) is 14.4 Å². The summed E-state index contributed by atoms with van der Waals surface area (Å²) in [5.41, 5.74) is -0.501. The minimum absolute atomic E-state index is 0.0859. The molecule has 15 heteroatoms. The first-order valence-electron chi connectivity index (χ1n) is 13.6. The van der Waals surface area contributed by atoms with Crippen molar-refractivity contribution in [3.05, 3.63) is 0 Å². The van der Waals surface area contributed by atoms with Gasteiger partial charge in [-0.2, -0.15) is 22.0 Å². The Morgan fingerprint density at radius 1 is 1.00 bits per heavy atom. The molecule has 0 bridgehead atoms. The van der Waals surface area contributed by atoms with Crippen LogP contribution in [0.1, 0.15) is 64.7 Å². The van der Waals surface area contributed by atoms with Gasteiger partial charge in [0.1, 0.15) is 6.04 Å². The van der Waals surface area contributed by atoms with Crippen molar-refractivity contribution in [2.75, 3.05) is 25.4 Å². The molecule has 0 aromatic heterocycles. The lowest BCUT2D eigenvalue weighted by Crippen LogP contribution is -2.48. The van der Waals surface area contributed by atoms with Gasteiger partial charge in [-0.1, -0.05) is 6.42 Å². The van der Waals surface area contributed by atoms with Gasteiger partial charge in [0.2, 0.25) is 17.7 Å². The fourth-order valence-corrected chi connectivity index (χ4v) is 6.16. The van der Waals surface area contributed by atoms with Gasteiger partial charge in [0.25, 0.3) is 0 Å². The van der Waals surface area contributed by atoms with E-state index in [1.165, 1.54) is 0 Å². The molecule has 0 aromatic rings. The van der Waals surface area contributed by atoms with Crippen LogP contribution in [0.15, 0.2) is 10.2 Å². The zero-order chi connectivity index (χ0) is 28.3. The molecule has 39 heavy (non-hydrogen) atoms. The Labute approximate surface area is 232 Å². The minimum atomic E-state index is -1.10. The van der Waals surface area contributed by atoms with Crippen LogP contribution in [0.25, 0.3) is 0 Å². The van der Waals surface area contributed by atoms with E-state index in [9.17, 15) is 24.0 Å². The third-order valence-corrected chi connectivity index (χ3v) is 8.45. The van der Waals surface area contributed by atoms with Crippen molar-refractivity contribution in [2.24, 2.45) is 10.2 Å². The number of urea groups is 1. The summed E-state index contributed by atoms with van der Waals surface area (Å²) in [6.45, 7) is 2.59. The Hall–Kier alpha value is -3.10. The summed E-state index contributed by atoms with van der Waals surface area (Å²) in [4.78, 5) is 59.3. The van der Waals surface area contributed by atoms with Gasteiger partial charge < -0.3 is 37.0 Å². The summed E-state index contributed by atoms with van der Waals surface area (Å²) < 4.78 is 0. The number of nitrogens with one attached hydrogen (secondary N) is 6. The first kappa shape index (κ1) is 30.4. The van der Waals surface area contributed by atoms with Crippen LogP contribution < -0.4 is 31.9 Å². The summed E-state index contributed by atoms with van der Waals surface area (Å²) in [5, 5.41) is 33.3. The van der Waals surface area contributed by atoms with Gasteiger partial charge in [0.15, 0.2) is 5.66 Å². The quantitative estimate of drug-likeness (QED) is 0.0936. The molecule has 2 fully saturated rings. The first-order chi connectivity index (χ1) is 18.6. The molecule has 7 N–H and O–H groups in total. The van der Waals surface area contributed by atoms with Crippen LogP contribution in [-0.2, 0) is 14.4 Å². The van der Waals surface area contributed by atoms with Crippen LogP contribution in [0, 0.1) is 0 Å². The van der Waals surface area contributed by atoms with Crippen molar-refractivity contribution < 1.29 is 29.1 Å². The van der Waals surface area contributed by atoms with E-state index < -0.39 is 17.8 Å². The van der Waals surface area contributed by atoms with Crippen molar-refractivity contribution in [2.45, 2.75) is 93.7 Å². The topological polar surface area (TPSA) is 202 Å².